The van der Waals surface area contributed by atoms with Crippen LogP contribution in [0.3, 0.4) is 0 Å². The fraction of sp³-hybridized carbons (Fsp3) is 0.400. The molecule has 1 N–H and O–H groups in total. The number of nitriles is 1. The summed E-state index contributed by atoms with van der Waals surface area (Å²) >= 11 is 13.5. The molecule has 1 amide bonds. The van der Waals surface area contributed by atoms with Gasteiger partial charge in [-0.15, -0.1) is 11.3 Å². The Morgan fingerprint density at radius 1 is 1.35 bits per heavy atom. The van der Waals surface area contributed by atoms with Crippen LogP contribution in [0.5, 0.6) is 0 Å². The van der Waals surface area contributed by atoms with E-state index in [1.165, 1.54) is 22.3 Å². The number of hydrogen-bond donors (Lipinski definition) is 1. The van der Waals surface area contributed by atoms with Crippen LogP contribution < -0.4 is 5.32 Å². The molecule has 1 aromatic heterocycles. The van der Waals surface area contributed by atoms with Crippen molar-refractivity contribution in [3.05, 3.63) is 49.8 Å². The number of amides is 1. The molecule has 0 bridgehead atoms. The summed E-state index contributed by atoms with van der Waals surface area (Å²) in [5.41, 5.74) is 2.26. The topological polar surface area (TPSA) is 52.9 Å². The molecule has 1 aliphatic carbocycles. The molecule has 136 valence electrons. The summed E-state index contributed by atoms with van der Waals surface area (Å²) in [6.45, 7) is 6.77. The smallest absolute Gasteiger partial charge is 0.257 e. The van der Waals surface area contributed by atoms with E-state index in [2.05, 4.69) is 32.2 Å². The number of benzene rings is 1. The lowest BCUT2D eigenvalue weighted by Gasteiger charge is -2.33. The number of fused-ring (bicyclic) bond motifs is 1. The summed E-state index contributed by atoms with van der Waals surface area (Å²) in [4.78, 5) is 13.8. The van der Waals surface area contributed by atoms with Crippen LogP contribution in [0.1, 0.15) is 53.6 Å². The lowest BCUT2D eigenvalue weighted by Crippen LogP contribution is -2.26. The zero-order valence-electron chi connectivity index (χ0n) is 15.0. The first kappa shape index (κ1) is 19.2. The highest BCUT2D eigenvalue weighted by molar-refractivity contribution is 7.16. The monoisotopic (exact) mass is 406 g/mol. The van der Waals surface area contributed by atoms with Gasteiger partial charge < -0.3 is 5.32 Å². The normalized spacial score (nSPS) is 16.7. The highest BCUT2D eigenvalue weighted by Gasteiger charge is 2.32. The van der Waals surface area contributed by atoms with Crippen LogP contribution in [-0.2, 0) is 12.8 Å². The van der Waals surface area contributed by atoms with E-state index in [-0.39, 0.29) is 11.3 Å². The third kappa shape index (κ3) is 3.76. The molecule has 1 heterocycles. The Bertz CT molecular complexity index is 906. The van der Waals surface area contributed by atoms with Crippen molar-refractivity contribution in [1.29, 1.82) is 5.26 Å². The number of carbonyl (C=O) groups excluding carboxylic acids is 1. The van der Waals surface area contributed by atoms with Crippen molar-refractivity contribution in [2.75, 3.05) is 5.32 Å². The van der Waals surface area contributed by atoms with Crippen LogP contribution in [0.25, 0.3) is 0 Å². The molecule has 0 aliphatic heterocycles. The summed E-state index contributed by atoms with van der Waals surface area (Å²) < 4.78 is 0. The van der Waals surface area contributed by atoms with Crippen LogP contribution >= 0.6 is 34.5 Å². The Morgan fingerprint density at radius 2 is 2.08 bits per heavy atom. The van der Waals surface area contributed by atoms with Gasteiger partial charge in [-0.05, 0) is 54.4 Å². The number of anilines is 1. The van der Waals surface area contributed by atoms with Gasteiger partial charge >= 0.3 is 0 Å². The number of rotatable bonds is 2. The molecule has 1 aromatic carbocycles. The van der Waals surface area contributed by atoms with E-state index in [1.54, 1.807) is 12.1 Å². The molecule has 0 saturated heterocycles. The first-order valence-corrected chi connectivity index (χ1v) is 10.1. The maximum atomic E-state index is 12.6. The number of nitrogens with one attached hydrogen (secondary N) is 1. The Balaban J connectivity index is 1.89. The zero-order valence-corrected chi connectivity index (χ0v) is 17.3. The van der Waals surface area contributed by atoms with E-state index in [1.807, 2.05) is 0 Å². The Hall–Kier alpha value is -1.54. The Kier molecular flexibility index (Phi) is 5.35. The van der Waals surface area contributed by atoms with E-state index in [9.17, 15) is 10.1 Å². The van der Waals surface area contributed by atoms with Gasteiger partial charge in [0.05, 0.1) is 16.1 Å². The summed E-state index contributed by atoms with van der Waals surface area (Å²) in [5, 5.41) is 13.9. The lowest BCUT2D eigenvalue weighted by atomic mass is 9.72. The van der Waals surface area contributed by atoms with Gasteiger partial charge in [-0.25, -0.2) is 0 Å². The molecule has 1 aliphatic rings. The maximum absolute atomic E-state index is 12.6. The van der Waals surface area contributed by atoms with Crippen molar-refractivity contribution in [3.63, 3.8) is 0 Å². The van der Waals surface area contributed by atoms with Gasteiger partial charge in [-0.1, -0.05) is 44.0 Å². The van der Waals surface area contributed by atoms with Gasteiger partial charge in [0.2, 0.25) is 0 Å². The molecule has 0 radical (unpaired) electrons. The zero-order chi connectivity index (χ0) is 19.1. The summed E-state index contributed by atoms with van der Waals surface area (Å²) in [7, 11) is 0. The first-order chi connectivity index (χ1) is 12.2. The molecule has 0 fully saturated rings. The van der Waals surface area contributed by atoms with Crippen molar-refractivity contribution < 1.29 is 4.79 Å². The number of carbonyl (C=O) groups is 1. The van der Waals surface area contributed by atoms with Crippen LogP contribution in [0.15, 0.2) is 18.2 Å². The molecule has 0 unspecified atom stereocenters. The average molecular weight is 407 g/mol. The lowest BCUT2D eigenvalue weighted by molar-refractivity contribution is 0.102. The molecule has 2 aromatic rings. The highest BCUT2D eigenvalue weighted by atomic mass is 35.5. The molecule has 0 saturated carbocycles. The molecule has 3 rings (SSSR count). The third-order valence-corrected chi connectivity index (χ3v) is 6.72. The Labute approximate surface area is 167 Å². The van der Waals surface area contributed by atoms with Crippen LogP contribution in [0, 0.1) is 22.7 Å². The van der Waals surface area contributed by atoms with Gasteiger partial charge in [0.15, 0.2) is 0 Å². The van der Waals surface area contributed by atoms with E-state index < -0.39 is 0 Å². The van der Waals surface area contributed by atoms with Gasteiger partial charge in [-0.2, -0.15) is 5.26 Å². The van der Waals surface area contributed by atoms with Gasteiger partial charge in [0, 0.05) is 9.90 Å². The van der Waals surface area contributed by atoms with E-state index in [0.29, 0.717) is 32.1 Å². The van der Waals surface area contributed by atoms with E-state index in [0.717, 1.165) is 24.8 Å². The third-order valence-electron chi connectivity index (χ3n) is 5.00. The van der Waals surface area contributed by atoms with E-state index >= 15 is 0 Å². The summed E-state index contributed by atoms with van der Waals surface area (Å²) in [6, 6.07) is 7.04. The van der Waals surface area contributed by atoms with Gasteiger partial charge in [0.25, 0.3) is 5.91 Å². The molecular formula is C20H20Cl2N2OS. The van der Waals surface area contributed by atoms with Gasteiger partial charge in [0.1, 0.15) is 11.1 Å². The first-order valence-electron chi connectivity index (χ1n) is 8.51. The van der Waals surface area contributed by atoms with Crippen molar-refractivity contribution in [3.8, 4) is 6.07 Å². The van der Waals surface area contributed by atoms with E-state index in [4.69, 9.17) is 23.2 Å². The number of hydrogen-bond acceptors (Lipinski definition) is 3. The number of thiophene rings is 1. The second kappa shape index (κ2) is 7.23. The molecule has 3 nitrogen and oxygen atoms in total. The molecular weight excluding hydrogens is 387 g/mol. The predicted molar refractivity (Wildman–Crippen MR) is 108 cm³/mol. The number of halogens is 2. The molecule has 26 heavy (non-hydrogen) atoms. The van der Waals surface area contributed by atoms with Crippen LogP contribution in [-0.4, -0.2) is 5.91 Å². The minimum absolute atomic E-state index is 0.231. The second-order valence-corrected chi connectivity index (χ2v) is 9.65. The van der Waals surface area contributed by atoms with Crippen molar-refractivity contribution >= 4 is 45.4 Å². The minimum Gasteiger partial charge on any atom is -0.312 e. The molecule has 1 atom stereocenters. The van der Waals surface area contributed by atoms with Gasteiger partial charge in [-0.3, -0.25) is 4.79 Å². The number of nitrogens with zero attached hydrogens (tertiary/aromatic N) is 1. The second-order valence-electron chi connectivity index (χ2n) is 7.70. The maximum Gasteiger partial charge on any atom is 0.257 e. The molecule has 6 heteroatoms. The standard InChI is InChI=1S/C20H20Cl2N2OS/c1-20(2,3)11-4-6-13-15(10-23)19(26-17(13)8-11)24-18(25)14-7-5-12(21)9-16(14)22/h5,7,9,11H,4,6,8H2,1-3H3,(H,24,25)/t11-/m1/s1. The minimum atomic E-state index is -0.325. The summed E-state index contributed by atoms with van der Waals surface area (Å²) in [5.74, 6) is 0.253. The van der Waals surface area contributed by atoms with Crippen molar-refractivity contribution in [1.82, 2.24) is 0 Å². The summed E-state index contributed by atoms with van der Waals surface area (Å²) in [6.07, 6.45) is 2.91. The quantitative estimate of drug-likeness (QED) is 0.632. The fourth-order valence-electron chi connectivity index (χ4n) is 3.38. The molecule has 0 spiro atoms. The Morgan fingerprint density at radius 3 is 2.69 bits per heavy atom. The SMILES string of the molecule is CC(C)(C)[C@@H]1CCc2c(sc(NC(=O)c3ccc(Cl)cc3Cl)c2C#N)C1. The van der Waals surface area contributed by atoms with Crippen molar-refractivity contribution in [2.45, 2.75) is 40.0 Å². The largest absolute Gasteiger partial charge is 0.312 e. The highest BCUT2D eigenvalue weighted by Crippen LogP contribution is 2.44. The van der Waals surface area contributed by atoms with Crippen LogP contribution in [0.4, 0.5) is 5.00 Å². The van der Waals surface area contributed by atoms with Crippen LogP contribution in [0.2, 0.25) is 10.0 Å². The van der Waals surface area contributed by atoms with Crippen molar-refractivity contribution in [2.24, 2.45) is 11.3 Å². The average Bonchev–Trinajstić information content (AvgIpc) is 2.89. The fourth-order valence-corrected chi connectivity index (χ4v) is 5.14. The predicted octanol–water partition coefficient (Wildman–Crippen LogP) is 6.33.